The molecule has 0 aromatic heterocycles. The Morgan fingerprint density at radius 2 is 1.68 bits per heavy atom. The number of fused-ring (bicyclic) bond motifs is 2. The van der Waals surface area contributed by atoms with Gasteiger partial charge in [-0.15, -0.1) is 0 Å². The molecule has 122 valence electrons. The third-order valence-electron chi connectivity index (χ3n) is 4.57. The molecule has 5 nitrogen and oxygen atoms in total. The minimum absolute atomic E-state index is 0.399. The molecule has 2 bridgehead atoms. The normalized spacial score (nSPS) is 31.5. The van der Waals surface area contributed by atoms with Gasteiger partial charge in [-0.05, 0) is 25.1 Å². The van der Waals surface area contributed by atoms with Gasteiger partial charge in [0.1, 0.15) is 0 Å². The molecule has 22 heavy (non-hydrogen) atoms. The lowest BCUT2D eigenvalue weighted by molar-refractivity contribution is 0.145. The molecule has 3 rings (SSSR count). The molecule has 3 atom stereocenters. The summed E-state index contributed by atoms with van der Waals surface area (Å²) in [6, 6.07) is 11.7. The number of nitrogens with one attached hydrogen (secondary N) is 4. The maximum atomic E-state index is 3.75. The van der Waals surface area contributed by atoms with E-state index < -0.39 is 0 Å². The molecule has 0 spiro atoms. The lowest BCUT2D eigenvalue weighted by atomic mass is 9.97. The predicted molar refractivity (Wildman–Crippen MR) is 90.9 cm³/mol. The number of benzene rings is 1. The van der Waals surface area contributed by atoms with E-state index in [1.807, 2.05) is 0 Å². The van der Waals surface area contributed by atoms with Crippen LogP contribution in [0.4, 0.5) is 0 Å². The third-order valence-corrected chi connectivity index (χ3v) is 4.57. The van der Waals surface area contributed by atoms with E-state index in [1.54, 1.807) is 0 Å². The quantitative estimate of drug-likeness (QED) is 0.594. The van der Waals surface area contributed by atoms with Gasteiger partial charge in [-0.1, -0.05) is 30.3 Å². The van der Waals surface area contributed by atoms with Gasteiger partial charge in [0, 0.05) is 51.5 Å². The Bertz CT molecular complexity index is 424. The van der Waals surface area contributed by atoms with Gasteiger partial charge in [0.25, 0.3) is 0 Å². The first kappa shape index (κ1) is 15.9. The van der Waals surface area contributed by atoms with Gasteiger partial charge >= 0.3 is 0 Å². The lowest BCUT2D eigenvalue weighted by Gasteiger charge is -2.40. The zero-order chi connectivity index (χ0) is 15.0. The zero-order valence-corrected chi connectivity index (χ0v) is 13.4. The maximum absolute atomic E-state index is 3.75. The number of hydrogen-bond donors (Lipinski definition) is 4. The van der Waals surface area contributed by atoms with Crippen LogP contribution in [0.5, 0.6) is 0 Å². The third kappa shape index (κ3) is 4.51. The fourth-order valence-electron chi connectivity index (χ4n) is 3.35. The van der Waals surface area contributed by atoms with E-state index >= 15 is 0 Å². The van der Waals surface area contributed by atoms with Crippen molar-refractivity contribution in [1.82, 2.24) is 26.2 Å². The van der Waals surface area contributed by atoms with Gasteiger partial charge in [-0.3, -0.25) is 10.2 Å². The molecule has 5 heteroatoms. The van der Waals surface area contributed by atoms with Crippen LogP contribution in [-0.4, -0.2) is 63.4 Å². The van der Waals surface area contributed by atoms with Crippen LogP contribution in [0.3, 0.4) is 0 Å². The first-order valence-electron chi connectivity index (χ1n) is 8.59. The van der Waals surface area contributed by atoms with Crippen LogP contribution >= 0.6 is 0 Å². The summed E-state index contributed by atoms with van der Waals surface area (Å²) in [5.41, 5.74) is 1.38. The van der Waals surface area contributed by atoms with E-state index in [1.165, 1.54) is 12.0 Å². The van der Waals surface area contributed by atoms with E-state index in [-0.39, 0.29) is 0 Å². The molecule has 0 aliphatic carbocycles. The molecule has 0 amide bonds. The van der Waals surface area contributed by atoms with Gasteiger partial charge in [-0.25, -0.2) is 0 Å². The first-order valence-corrected chi connectivity index (χ1v) is 8.59. The number of rotatable bonds is 1. The Morgan fingerprint density at radius 1 is 0.864 bits per heavy atom. The molecule has 1 aromatic carbocycles. The molecular weight excluding hydrogens is 274 g/mol. The van der Waals surface area contributed by atoms with Crippen molar-refractivity contribution in [3.63, 3.8) is 0 Å². The molecule has 2 saturated heterocycles. The highest BCUT2D eigenvalue weighted by atomic mass is 15.3. The van der Waals surface area contributed by atoms with Crippen LogP contribution in [0.2, 0.25) is 0 Å². The van der Waals surface area contributed by atoms with Crippen molar-refractivity contribution in [1.29, 1.82) is 0 Å². The topological polar surface area (TPSA) is 51.4 Å². The van der Waals surface area contributed by atoms with Crippen molar-refractivity contribution in [2.75, 3.05) is 52.5 Å². The Kier molecular flexibility index (Phi) is 6.21. The molecule has 2 heterocycles. The highest BCUT2D eigenvalue weighted by Crippen LogP contribution is 2.20. The molecule has 2 aliphatic heterocycles. The van der Waals surface area contributed by atoms with E-state index in [0.29, 0.717) is 12.1 Å². The summed E-state index contributed by atoms with van der Waals surface area (Å²) in [6.45, 7) is 8.53. The van der Waals surface area contributed by atoms with Gasteiger partial charge in [0.2, 0.25) is 0 Å². The zero-order valence-electron chi connectivity index (χ0n) is 13.4. The number of hydrogen-bond acceptors (Lipinski definition) is 5. The molecule has 0 radical (unpaired) electrons. The van der Waals surface area contributed by atoms with Crippen LogP contribution < -0.4 is 21.3 Å². The average molecular weight is 303 g/mol. The fraction of sp³-hybridized carbons (Fsp3) is 0.647. The highest BCUT2D eigenvalue weighted by molar-refractivity contribution is 5.21. The fourth-order valence-corrected chi connectivity index (χ4v) is 3.35. The minimum Gasteiger partial charge on any atom is -0.315 e. The van der Waals surface area contributed by atoms with E-state index in [2.05, 4.69) is 56.5 Å². The van der Waals surface area contributed by atoms with Crippen molar-refractivity contribution in [2.24, 2.45) is 0 Å². The van der Waals surface area contributed by atoms with Gasteiger partial charge < -0.3 is 16.0 Å². The standard InChI is InChI=1S/C17H29N5/c1-2-5-15(6-3-1)17-16-13-22(14-21-17)12-11-19-8-4-7-18-9-10-20-16/h1-3,5-6,16-21H,4,7-14H2. The Balaban J connectivity index is 1.65. The van der Waals surface area contributed by atoms with E-state index in [0.717, 1.165) is 52.5 Å². The molecular formula is C17H29N5. The average Bonchev–Trinajstić information content (AvgIpc) is 2.58. The van der Waals surface area contributed by atoms with Crippen LogP contribution in [-0.2, 0) is 0 Å². The smallest absolute Gasteiger partial charge is 0.0498 e. The molecule has 2 aliphatic rings. The summed E-state index contributed by atoms with van der Waals surface area (Å²) in [6.07, 6.45) is 1.20. The molecule has 1 aromatic rings. The van der Waals surface area contributed by atoms with Crippen LogP contribution in [0.25, 0.3) is 0 Å². The second-order valence-electron chi connectivity index (χ2n) is 6.24. The van der Waals surface area contributed by atoms with Gasteiger partial charge in [0.15, 0.2) is 0 Å². The second kappa shape index (κ2) is 8.60. The van der Waals surface area contributed by atoms with E-state index in [4.69, 9.17) is 0 Å². The van der Waals surface area contributed by atoms with E-state index in [9.17, 15) is 0 Å². The summed E-state index contributed by atoms with van der Waals surface area (Å²) < 4.78 is 0. The Morgan fingerprint density at radius 3 is 2.55 bits per heavy atom. The monoisotopic (exact) mass is 303 g/mol. The highest BCUT2D eigenvalue weighted by Gasteiger charge is 2.29. The van der Waals surface area contributed by atoms with Crippen LogP contribution in [0.1, 0.15) is 18.0 Å². The molecule has 4 N–H and O–H groups in total. The molecule has 2 fully saturated rings. The van der Waals surface area contributed by atoms with Crippen LogP contribution in [0.15, 0.2) is 30.3 Å². The number of nitrogens with zero attached hydrogens (tertiary/aromatic N) is 1. The van der Waals surface area contributed by atoms with Crippen molar-refractivity contribution in [3.05, 3.63) is 35.9 Å². The Hall–Kier alpha value is -0.980. The summed E-state index contributed by atoms with van der Waals surface area (Å²) in [7, 11) is 0. The van der Waals surface area contributed by atoms with Crippen molar-refractivity contribution in [3.8, 4) is 0 Å². The summed E-state index contributed by atoms with van der Waals surface area (Å²) in [5.74, 6) is 0. The molecule has 3 unspecified atom stereocenters. The SMILES string of the molecule is c1ccc(C2NCN3CCNCCCNCCNC2C3)cc1. The second-order valence-corrected chi connectivity index (χ2v) is 6.24. The molecule has 0 saturated carbocycles. The summed E-state index contributed by atoms with van der Waals surface area (Å²) in [5, 5.41) is 14.5. The predicted octanol–water partition coefficient (Wildman–Crippen LogP) is 0.132. The van der Waals surface area contributed by atoms with Crippen molar-refractivity contribution in [2.45, 2.75) is 18.5 Å². The first-order chi connectivity index (χ1) is 10.9. The Labute approximate surface area is 133 Å². The van der Waals surface area contributed by atoms with Crippen LogP contribution in [0, 0.1) is 0 Å². The summed E-state index contributed by atoms with van der Waals surface area (Å²) in [4.78, 5) is 2.51. The summed E-state index contributed by atoms with van der Waals surface area (Å²) >= 11 is 0. The van der Waals surface area contributed by atoms with Crippen molar-refractivity contribution < 1.29 is 0 Å². The van der Waals surface area contributed by atoms with Gasteiger partial charge in [0.05, 0.1) is 0 Å². The van der Waals surface area contributed by atoms with Crippen molar-refractivity contribution >= 4 is 0 Å². The minimum atomic E-state index is 0.399. The van der Waals surface area contributed by atoms with Gasteiger partial charge in [-0.2, -0.15) is 0 Å². The lowest BCUT2D eigenvalue weighted by Crippen LogP contribution is -2.58. The largest absolute Gasteiger partial charge is 0.315 e. The maximum Gasteiger partial charge on any atom is 0.0498 e.